The summed E-state index contributed by atoms with van der Waals surface area (Å²) in [6.45, 7) is 0. The fraction of sp³-hybridized carbons (Fsp3) is 0. The quantitative estimate of drug-likeness (QED) is 0.864. The van der Waals surface area contributed by atoms with E-state index in [0.717, 1.165) is 6.07 Å². The second-order valence-electron chi connectivity index (χ2n) is 3.25. The summed E-state index contributed by atoms with van der Waals surface area (Å²) in [7, 11) is 0. The Hall–Kier alpha value is -2.48. The van der Waals surface area contributed by atoms with Crippen LogP contribution < -0.4 is 5.32 Å². The lowest BCUT2D eigenvalue weighted by molar-refractivity contribution is 0.511. The molecule has 0 aliphatic heterocycles. The molecule has 0 spiro atoms. The van der Waals surface area contributed by atoms with E-state index >= 15 is 0 Å². The zero-order chi connectivity index (χ0) is 12.3. The van der Waals surface area contributed by atoms with E-state index in [1.165, 1.54) is 18.2 Å². The standard InChI is InChI=1S/C12H7F2N3/c13-9-4-2-5-10(12(9)14)17-11-6-1-3-8(7-15)16-11/h1-6H,(H,16,17). The van der Waals surface area contributed by atoms with Crippen molar-refractivity contribution < 1.29 is 8.78 Å². The molecule has 2 rings (SSSR count). The largest absolute Gasteiger partial charge is 0.338 e. The number of rotatable bonds is 2. The molecular weight excluding hydrogens is 224 g/mol. The molecule has 0 bridgehead atoms. The van der Waals surface area contributed by atoms with E-state index in [1.54, 1.807) is 12.1 Å². The second-order valence-corrected chi connectivity index (χ2v) is 3.25. The van der Waals surface area contributed by atoms with Gasteiger partial charge in [0.2, 0.25) is 0 Å². The van der Waals surface area contributed by atoms with Crippen LogP contribution in [0.2, 0.25) is 0 Å². The molecule has 0 saturated carbocycles. The number of aromatic nitrogens is 1. The molecule has 1 aromatic carbocycles. The maximum absolute atomic E-state index is 13.3. The fourth-order valence-corrected chi connectivity index (χ4v) is 1.30. The van der Waals surface area contributed by atoms with Crippen LogP contribution >= 0.6 is 0 Å². The summed E-state index contributed by atoms with van der Waals surface area (Å²) in [5.41, 5.74) is 0.180. The van der Waals surface area contributed by atoms with Gasteiger partial charge in [-0.05, 0) is 24.3 Å². The van der Waals surface area contributed by atoms with Gasteiger partial charge in [-0.3, -0.25) is 0 Å². The molecule has 0 aliphatic rings. The lowest BCUT2D eigenvalue weighted by Gasteiger charge is -2.06. The normalized spacial score (nSPS) is 9.71. The zero-order valence-electron chi connectivity index (χ0n) is 8.61. The number of nitrogens with zero attached hydrogens (tertiary/aromatic N) is 2. The summed E-state index contributed by atoms with van der Waals surface area (Å²) in [6, 6.07) is 10.3. The Labute approximate surface area is 96.3 Å². The number of pyridine rings is 1. The summed E-state index contributed by atoms with van der Waals surface area (Å²) < 4.78 is 26.3. The lowest BCUT2D eigenvalue weighted by Crippen LogP contribution is -1.98. The van der Waals surface area contributed by atoms with Gasteiger partial charge in [-0.15, -0.1) is 0 Å². The van der Waals surface area contributed by atoms with E-state index in [4.69, 9.17) is 5.26 Å². The zero-order valence-corrected chi connectivity index (χ0v) is 8.61. The van der Waals surface area contributed by atoms with Gasteiger partial charge in [-0.25, -0.2) is 13.8 Å². The van der Waals surface area contributed by atoms with Gasteiger partial charge in [0.15, 0.2) is 11.6 Å². The molecule has 0 fully saturated rings. The molecule has 0 unspecified atom stereocenters. The van der Waals surface area contributed by atoms with Gasteiger partial charge in [0.25, 0.3) is 0 Å². The van der Waals surface area contributed by atoms with Crippen molar-refractivity contribution in [1.29, 1.82) is 5.26 Å². The Kier molecular flexibility index (Phi) is 2.97. The van der Waals surface area contributed by atoms with Crippen molar-refractivity contribution in [3.63, 3.8) is 0 Å². The van der Waals surface area contributed by atoms with Gasteiger partial charge in [0.05, 0.1) is 5.69 Å². The molecule has 1 N–H and O–H groups in total. The third kappa shape index (κ3) is 2.37. The highest BCUT2D eigenvalue weighted by atomic mass is 19.2. The van der Waals surface area contributed by atoms with Crippen molar-refractivity contribution in [3.05, 3.63) is 53.7 Å². The van der Waals surface area contributed by atoms with Crippen LogP contribution in [0.1, 0.15) is 5.69 Å². The van der Waals surface area contributed by atoms with E-state index < -0.39 is 11.6 Å². The van der Waals surface area contributed by atoms with E-state index in [2.05, 4.69) is 10.3 Å². The second kappa shape index (κ2) is 4.58. The summed E-state index contributed by atoms with van der Waals surface area (Å²) in [6.07, 6.45) is 0. The van der Waals surface area contributed by atoms with Crippen LogP contribution in [-0.4, -0.2) is 4.98 Å². The molecule has 17 heavy (non-hydrogen) atoms. The van der Waals surface area contributed by atoms with E-state index in [9.17, 15) is 8.78 Å². The van der Waals surface area contributed by atoms with Crippen LogP contribution in [0.4, 0.5) is 20.3 Å². The van der Waals surface area contributed by atoms with Crippen LogP contribution in [0.25, 0.3) is 0 Å². The van der Waals surface area contributed by atoms with Gasteiger partial charge in [-0.1, -0.05) is 12.1 Å². The van der Waals surface area contributed by atoms with Crippen molar-refractivity contribution in [2.75, 3.05) is 5.32 Å². The first-order valence-corrected chi connectivity index (χ1v) is 4.79. The van der Waals surface area contributed by atoms with Gasteiger partial charge >= 0.3 is 0 Å². The Morgan fingerprint density at radius 1 is 1.12 bits per heavy atom. The Bertz CT molecular complexity index is 591. The maximum atomic E-state index is 13.3. The third-order valence-electron chi connectivity index (χ3n) is 2.08. The summed E-state index contributed by atoms with van der Waals surface area (Å²) in [5.74, 6) is -1.63. The summed E-state index contributed by atoms with van der Waals surface area (Å²) >= 11 is 0. The van der Waals surface area contributed by atoms with Gasteiger partial charge in [0, 0.05) is 0 Å². The molecule has 0 amide bonds. The molecule has 5 heteroatoms. The molecule has 3 nitrogen and oxygen atoms in total. The number of nitrogens with one attached hydrogen (secondary N) is 1. The van der Waals surface area contributed by atoms with Crippen molar-refractivity contribution in [2.24, 2.45) is 0 Å². The number of anilines is 2. The molecular formula is C12H7F2N3. The highest BCUT2D eigenvalue weighted by Gasteiger charge is 2.08. The number of halogens is 2. The first-order chi connectivity index (χ1) is 8.20. The van der Waals surface area contributed by atoms with E-state index in [0.29, 0.717) is 0 Å². The van der Waals surface area contributed by atoms with Crippen LogP contribution in [0.15, 0.2) is 36.4 Å². The topological polar surface area (TPSA) is 48.7 Å². The van der Waals surface area contributed by atoms with Crippen molar-refractivity contribution in [1.82, 2.24) is 4.98 Å². The number of hydrogen-bond donors (Lipinski definition) is 1. The molecule has 84 valence electrons. The molecule has 0 aliphatic carbocycles. The molecule has 1 heterocycles. The Balaban J connectivity index is 2.32. The van der Waals surface area contributed by atoms with Crippen LogP contribution in [0.5, 0.6) is 0 Å². The molecule has 1 aromatic heterocycles. The molecule has 0 radical (unpaired) electrons. The highest BCUT2D eigenvalue weighted by Crippen LogP contribution is 2.20. The summed E-state index contributed by atoms with van der Waals surface area (Å²) in [5, 5.41) is 11.3. The van der Waals surface area contributed by atoms with Crippen LogP contribution in [0.3, 0.4) is 0 Å². The Morgan fingerprint density at radius 2 is 1.88 bits per heavy atom. The van der Waals surface area contributed by atoms with Crippen molar-refractivity contribution >= 4 is 11.5 Å². The van der Waals surface area contributed by atoms with Crippen LogP contribution in [0, 0.1) is 23.0 Å². The average molecular weight is 231 g/mol. The maximum Gasteiger partial charge on any atom is 0.182 e. The average Bonchev–Trinajstić information content (AvgIpc) is 2.35. The monoisotopic (exact) mass is 231 g/mol. The first kappa shape index (κ1) is 11.0. The van der Waals surface area contributed by atoms with Crippen molar-refractivity contribution in [2.45, 2.75) is 0 Å². The lowest BCUT2D eigenvalue weighted by atomic mass is 10.3. The predicted octanol–water partition coefficient (Wildman–Crippen LogP) is 2.98. The van der Waals surface area contributed by atoms with E-state index in [-0.39, 0.29) is 17.2 Å². The van der Waals surface area contributed by atoms with Gasteiger partial charge < -0.3 is 5.32 Å². The number of hydrogen-bond acceptors (Lipinski definition) is 3. The highest BCUT2D eigenvalue weighted by molar-refractivity contribution is 5.57. The first-order valence-electron chi connectivity index (χ1n) is 4.79. The summed E-state index contributed by atoms with van der Waals surface area (Å²) in [4.78, 5) is 3.90. The predicted molar refractivity (Wildman–Crippen MR) is 58.6 cm³/mol. The van der Waals surface area contributed by atoms with Crippen LogP contribution in [-0.2, 0) is 0 Å². The molecule has 0 saturated heterocycles. The minimum absolute atomic E-state index is 0.0208. The fourth-order valence-electron chi connectivity index (χ4n) is 1.30. The Morgan fingerprint density at radius 3 is 2.65 bits per heavy atom. The van der Waals surface area contributed by atoms with Crippen molar-refractivity contribution in [3.8, 4) is 6.07 Å². The third-order valence-corrected chi connectivity index (χ3v) is 2.08. The smallest absolute Gasteiger partial charge is 0.182 e. The van der Waals surface area contributed by atoms with Gasteiger partial charge in [-0.2, -0.15) is 5.26 Å². The van der Waals surface area contributed by atoms with E-state index in [1.807, 2.05) is 6.07 Å². The number of nitriles is 1. The SMILES string of the molecule is N#Cc1cccc(Nc2cccc(F)c2F)n1. The minimum atomic E-state index is -0.975. The number of benzene rings is 1. The van der Waals surface area contributed by atoms with Gasteiger partial charge in [0.1, 0.15) is 17.6 Å². The molecule has 2 aromatic rings. The molecule has 0 atom stereocenters. The minimum Gasteiger partial charge on any atom is -0.338 e.